The maximum atomic E-state index is 13.2. The quantitative estimate of drug-likeness (QED) is 0.575. The van der Waals surface area contributed by atoms with Crippen molar-refractivity contribution in [1.29, 1.82) is 0 Å². The van der Waals surface area contributed by atoms with Gasteiger partial charge in [0.1, 0.15) is 0 Å². The van der Waals surface area contributed by atoms with Crippen LogP contribution in [0.2, 0.25) is 0 Å². The second-order valence-corrected chi connectivity index (χ2v) is 11.8. The van der Waals surface area contributed by atoms with Crippen molar-refractivity contribution in [3.8, 4) is 0 Å². The van der Waals surface area contributed by atoms with E-state index in [2.05, 4.69) is 4.72 Å². The molecular formula is C27H34N2O5S. The van der Waals surface area contributed by atoms with Gasteiger partial charge in [0.25, 0.3) is 5.91 Å². The number of benzene rings is 2. The summed E-state index contributed by atoms with van der Waals surface area (Å²) in [6.07, 6.45) is 6.00. The van der Waals surface area contributed by atoms with Crippen LogP contribution in [0.15, 0.2) is 42.5 Å². The molecule has 2 fully saturated rings. The molecule has 0 bridgehead atoms. The number of likely N-dealkylation sites (tertiary alicyclic amines) is 1. The third kappa shape index (κ3) is 6.23. The number of aryl methyl sites for hydroxylation is 1. The maximum Gasteiger partial charge on any atom is 0.307 e. The number of anilines is 1. The maximum absolute atomic E-state index is 13.2. The lowest BCUT2D eigenvalue weighted by atomic mass is 9.88. The van der Waals surface area contributed by atoms with E-state index in [9.17, 15) is 18.0 Å². The van der Waals surface area contributed by atoms with Crippen molar-refractivity contribution < 1.29 is 23.1 Å². The number of nitrogens with one attached hydrogen (secondary N) is 1. The number of piperidine rings is 1. The molecule has 1 amide bonds. The standard InChI is InChI=1S/C27H34N2O5S/c1-19-7-10-23(18-25(19)28-35(33,34)24-5-3-2-4-6-24)27(32)29-15-13-22(14-16-29)21-11-8-20(9-12-21)17-26(30)31/h7-12,18,22,24,28H,2-6,13-17H2,1H3,(H,30,31). The van der Waals surface area contributed by atoms with Crippen LogP contribution in [0.3, 0.4) is 0 Å². The highest BCUT2D eigenvalue weighted by atomic mass is 32.2. The molecular weight excluding hydrogens is 464 g/mol. The molecule has 0 radical (unpaired) electrons. The highest BCUT2D eigenvalue weighted by Gasteiger charge is 2.29. The summed E-state index contributed by atoms with van der Waals surface area (Å²) in [4.78, 5) is 25.9. The van der Waals surface area contributed by atoms with E-state index >= 15 is 0 Å². The summed E-state index contributed by atoms with van der Waals surface area (Å²) in [6.45, 7) is 3.09. The van der Waals surface area contributed by atoms with Gasteiger partial charge in [-0.05, 0) is 67.3 Å². The smallest absolute Gasteiger partial charge is 0.307 e. The summed E-state index contributed by atoms with van der Waals surface area (Å²) in [5.41, 5.74) is 3.72. The van der Waals surface area contributed by atoms with Gasteiger partial charge in [0.2, 0.25) is 10.0 Å². The Labute approximate surface area is 207 Å². The molecule has 1 aliphatic heterocycles. The van der Waals surface area contributed by atoms with Gasteiger partial charge in [-0.15, -0.1) is 0 Å². The van der Waals surface area contributed by atoms with Crippen LogP contribution < -0.4 is 4.72 Å². The molecule has 1 saturated carbocycles. The number of aliphatic carboxylic acids is 1. The molecule has 2 N–H and O–H groups in total. The lowest BCUT2D eigenvalue weighted by molar-refractivity contribution is -0.136. The van der Waals surface area contributed by atoms with Gasteiger partial charge in [-0.2, -0.15) is 0 Å². The van der Waals surface area contributed by atoms with Crippen LogP contribution in [0.25, 0.3) is 0 Å². The number of hydrogen-bond donors (Lipinski definition) is 2. The number of carbonyl (C=O) groups excluding carboxylic acids is 1. The molecule has 4 rings (SSSR count). The van der Waals surface area contributed by atoms with Crippen LogP contribution in [0.4, 0.5) is 5.69 Å². The fraction of sp³-hybridized carbons (Fsp3) is 0.481. The van der Waals surface area contributed by atoms with E-state index in [1.807, 2.05) is 36.1 Å². The van der Waals surface area contributed by atoms with Crippen LogP contribution in [-0.2, 0) is 21.2 Å². The normalized spacial score (nSPS) is 17.8. The molecule has 188 valence electrons. The Kier molecular flexibility index (Phi) is 7.79. The molecule has 1 saturated heterocycles. The molecule has 2 aromatic rings. The Morgan fingerprint density at radius 3 is 2.26 bits per heavy atom. The number of amides is 1. The van der Waals surface area contributed by atoms with Gasteiger partial charge in [-0.25, -0.2) is 8.42 Å². The highest BCUT2D eigenvalue weighted by molar-refractivity contribution is 7.93. The molecule has 0 spiro atoms. The minimum absolute atomic E-state index is 0.0164. The van der Waals surface area contributed by atoms with Gasteiger partial charge >= 0.3 is 5.97 Å². The first-order valence-corrected chi connectivity index (χ1v) is 14.0. The lowest BCUT2D eigenvalue weighted by Crippen LogP contribution is -2.38. The third-order valence-corrected chi connectivity index (χ3v) is 9.17. The van der Waals surface area contributed by atoms with E-state index in [1.165, 1.54) is 5.56 Å². The predicted octanol–water partition coefficient (Wildman–Crippen LogP) is 4.72. The number of sulfonamides is 1. The summed E-state index contributed by atoms with van der Waals surface area (Å²) in [6, 6.07) is 13.0. The Morgan fingerprint density at radius 1 is 0.971 bits per heavy atom. The molecule has 35 heavy (non-hydrogen) atoms. The summed E-state index contributed by atoms with van der Waals surface area (Å²) in [5, 5.41) is 8.57. The molecule has 7 nitrogen and oxygen atoms in total. The largest absolute Gasteiger partial charge is 0.481 e. The van der Waals surface area contributed by atoms with Crippen molar-refractivity contribution in [2.75, 3.05) is 17.8 Å². The first-order valence-electron chi connectivity index (χ1n) is 12.4. The number of carboxylic acid groups (broad SMARTS) is 1. The fourth-order valence-corrected chi connectivity index (χ4v) is 6.80. The number of rotatable bonds is 7. The van der Waals surface area contributed by atoms with Crippen LogP contribution >= 0.6 is 0 Å². The Bertz CT molecular complexity index is 1160. The van der Waals surface area contributed by atoms with Gasteiger partial charge < -0.3 is 10.0 Å². The zero-order chi connectivity index (χ0) is 25.0. The molecule has 0 aromatic heterocycles. The van der Waals surface area contributed by atoms with Crippen molar-refractivity contribution in [2.24, 2.45) is 0 Å². The van der Waals surface area contributed by atoms with Crippen LogP contribution in [0.1, 0.15) is 77.9 Å². The van der Waals surface area contributed by atoms with Crippen molar-refractivity contribution in [3.63, 3.8) is 0 Å². The number of hydrogen-bond acceptors (Lipinski definition) is 4. The summed E-state index contributed by atoms with van der Waals surface area (Å²) in [5.74, 6) is -0.599. The van der Waals surface area contributed by atoms with E-state index in [-0.39, 0.29) is 17.6 Å². The van der Waals surface area contributed by atoms with Crippen LogP contribution in [0.5, 0.6) is 0 Å². The minimum Gasteiger partial charge on any atom is -0.481 e. The molecule has 0 atom stereocenters. The van der Waals surface area contributed by atoms with Crippen molar-refractivity contribution in [2.45, 2.75) is 69.5 Å². The molecule has 8 heteroatoms. The van der Waals surface area contributed by atoms with E-state index in [0.717, 1.165) is 43.2 Å². The van der Waals surface area contributed by atoms with Crippen molar-refractivity contribution >= 4 is 27.6 Å². The molecule has 2 aliphatic rings. The number of nitrogens with zero attached hydrogens (tertiary/aromatic N) is 1. The first kappa shape index (κ1) is 25.2. The van der Waals surface area contributed by atoms with Gasteiger partial charge in [-0.1, -0.05) is 49.6 Å². The van der Waals surface area contributed by atoms with Gasteiger partial charge in [0, 0.05) is 18.7 Å². The van der Waals surface area contributed by atoms with Gasteiger partial charge in [-0.3, -0.25) is 14.3 Å². The van der Waals surface area contributed by atoms with Crippen LogP contribution in [0, 0.1) is 6.92 Å². The SMILES string of the molecule is Cc1ccc(C(=O)N2CCC(c3ccc(CC(=O)O)cc3)CC2)cc1NS(=O)(=O)C1CCCCC1. The zero-order valence-corrected chi connectivity index (χ0v) is 21.0. The average molecular weight is 499 g/mol. The Hall–Kier alpha value is -2.87. The molecule has 0 unspecified atom stereocenters. The van der Waals surface area contributed by atoms with E-state index < -0.39 is 16.0 Å². The van der Waals surface area contributed by atoms with E-state index in [4.69, 9.17) is 5.11 Å². The van der Waals surface area contributed by atoms with Gasteiger partial charge in [0.15, 0.2) is 0 Å². The zero-order valence-electron chi connectivity index (χ0n) is 20.2. The van der Waals surface area contributed by atoms with Gasteiger partial charge in [0.05, 0.1) is 17.4 Å². The average Bonchev–Trinajstić information content (AvgIpc) is 2.86. The summed E-state index contributed by atoms with van der Waals surface area (Å²) in [7, 11) is -3.48. The second kappa shape index (κ2) is 10.8. The van der Waals surface area contributed by atoms with E-state index in [1.54, 1.807) is 18.2 Å². The predicted molar refractivity (Wildman–Crippen MR) is 136 cm³/mol. The summed E-state index contributed by atoms with van der Waals surface area (Å²) < 4.78 is 28.6. The summed E-state index contributed by atoms with van der Waals surface area (Å²) >= 11 is 0. The Morgan fingerprint density at radius 2 is 1.63 bits per heavy atom. The molecule has 2 aromatic carbocycles. The Balaban J connectivity index is 1.39. The van der Waals surface area contributed by atoms with E-state index in [0.29, 0.717) is 43.1 Å². The van der Waals surface area contributed by atoms with Crippen molar-refractivity contribution in [1.82, 2.24) is 4.90 Å². The molecule has 1 heterocycles. The lowest BCUT2D eigenvalue weighted by Gasteiger charge is -2.32. The van der Waals surface area contributed by atoms with Crippen molar-refractivity contribution in [3.05, 3.63) is 64.7 Å². The molecule has 1 aliphatic carbocycles. The fourth-order valence-electron chi connectivity index (χ4n) is 5.16. The monoisotopic (exact) mass is 498 g/mol. The third-order valence-electron chi connectivity index (χ3n) is 7.32. The first-order chi connectivity index (χ1) is 16.7. The van der Waals surface area contributed by atoms with Crippen LogP contribution in [-0.4, -0.2) is 48.6 Å². The number of carbonyl (C=O) groups is 2. The highest BCUT2D eigenvalue weighted by Crippen LogP contribution is 2.30. The second-order valence-electron chi connectivity index (χ2n) is 9.82. The topological polar surface area (TPSA) is 104 Å². The minimum atomic E-state index is -3.48. The number of carboxylic acids is 1.